The fourth-order valence-corrected chi connectivity index (χ4v) is 6.69. The fraction of sp³-hybridized carbons (Fsp3) is 0.188. The predicted octanol–water partition coefficient (Wildman–Crippen LogP) is 6.42. The maximum Gasteiger partial charge on any atom is 0.256 e. The first-order chi connectivity index (χ1) is 18.5. The van der Waals surface area contributed by atoms with Gasteiger partial charge in [0.25, 0.3) is 5.91 Å². The molecule has 0 N–H and O–H groups in total. The van der Waals surface area contributed by atoms with Gasteiger partial charge >= 0.3 is 0 Å². The molecule has 4 aromatic carbocycles. The Kier molecular flexibility index (Phi) is 5.02. The molecule has 5 aromatic rings. The van der Waals surface area contributed by atoms with Crippen LogP contribution < -0.4 is 0 Å². The molecule has 1 saturated carbocycles. The first-order valence-corrected chi connectivity index (χ1v) is 12.8. The molecule has 1 amide bonds. The standard InChI is InChI=1S/C32H25F2N3O/c1-20-15-29-22(17-35-37(29)24-13-11-23(33)12-14-24)16-26(20)32-19-36(31(38)25-9-5-6-10-28(25)34)18-27(32)30(32)21-7-3-2-4-8-21/h2-17,27,30H,18-19H2,1H3/t27-,30-,32+/m0/s1. The second kappa shape index (κ2) is 8.35. The number of nitrogens with zero attached hydrogens (tertiary/aromatic N) is 3. The molecule has 1 aliphatic carbocycles. The van der Waals surface area contributed by atoms with Crippen molar-refractivity contribution in [3.8, 4) is 5.69 Å². The maximum atomic E-state index is 14.5. The van der Waals surface area contributed by atoms with Gasteiger partial charge in [-0.05, 0) is 78.1 Å². The molecule has 1 aliphatic heterocycles. The van der Waals surface area contributed by atoms with E-state index in [-0.39, 0.29) is 34.5 Å². The van der Waals surface area contributed by atoms with Gasteiger partial charge in [0.05, 0.1) is 23.0 Å². The minimum absolute atomic E-state index is 0.118. The molecule has 2 aliphatic rings. The SMILES string of the molecule is Cc1cc2c(cnn2-c2ccc(F)cc2)cc1[C@]12CN(C(=O)c3ccccc3F)C[C@H]1[C@@H]2c1ccccc1. The lowest BCUT2D eigenvalue weighted by Gasteiger charge is -2.26. The van der Waals surface area contributed by atoms with Crippen molar-refractivity contribution in [2.75, 3.05) is 13.1 Å². The molecule has 4 nitrogen and oxygen atoms in total. The third-order valence-corrected chi connectivity index (χ3v) is 8.42. The van der Waals surface area contributed by atoms with E-state index in [1.54, 1.807) is 30.3 Å². The molecule has 188 valence electrons. The van der Waals surface area contributed by atoms with Crippen molar-refractivity contribution in [3.63, 3.8) is 0 Å². The number of aromatic nitrogens is 2. The highest BCUT2D eigenvalue weighted by Crippen LogP contribution is 2.70. The molecule has 1 saturated heterocycles. The monoisotopic (exact) mass is 505 g/mol. The van der Waals surface area contributed by atoms with Crippen molar-refractivity contribution in [1.82, 2.24) is 14.7 Å². The van der Waals surface area contributed by atoms with E-state index in [0.29, 0.717) is 13.1 Å². The van der Waals surface area contributed by atoms with E-state index >= 15 is 0 Å². The van der Waals surface area contributed by atoms with E-state index < -0.39 is 5.82 Å². The van der Waals surface area contributed by atoms with Crippen LogP contribution in [0.1, 0.15) is 33.0 Å². The predicted molar refractivity (Wildman–Crippen MR) is 142 cm³/mol. The van der Waals surface area contributed by atoms with Gasteiger partial charge in [-0.2, -0.15) is 5.10 Å². The zero-order chi connectivity index (χ0) is 26.0. The van der Waals surface area contributed by atoms with E-state index in [1.807, 2.05) is 21.8 Å². The lowest BCUT2D eigenvalue weighted by atomic mass is 9.86. The maximum absolute atomic E-state index is 14.5. The number of likely N-dealkylation sites (tertiary alicyclic amines) is 1. The first-order valence-electron chi connectivity index (χ1n) is 12.8. The molecule has 1 aromatic heterocycles. The van der Waals surface area contributed by atoms with Crippen LogP contribution in [0.3, 0.4) is 0 Å². The third-order valence-electron chi connectivity index (χ3n) is 8.42. The molecule has 6 heteroatoms. The summed E-state index contributed by atoms with van der Waals surface area (Å²) in [5.41, 5.74) is 5.18. The van der Waals surface area contributed by atoms with Gasteiger partial charge in [0.2, 0.25) is 0 Å². The number of aryl methyl sites for hydroxylation is 1. The van der Waals surface area contributed by atoms with E-state index in [0.717, 1.165) is 22.2 Å². The van der Waals surface area contributed by atoms with Crippen molar-refractivity contribution in [2.24, 2.45) is 5.92 Å². The molecule has 7 rings (SSSR count). The second-order valence-electron chi connectivity index (χ2n) is 10.5. The summed E-state index contributed by atoms with van der Waals surface area (Å²) in [6.45, 7) is 3.21. The Hall–Kier alpha value is -4.32. The highest BCUT2D eigenvalue weighted by Gasteiger charge is 2.71. The Morgan fingerprint density at radius 2 is 1.68 bits per heavy atom. The molecule has 38 heavy (non-hydrogen) atoms. The van der Waals surface area contributed by atoms with E-state index in [2.05, 4.69) is 48.4 Å². The Labute approximate surface area is 219 Å². The number of benzene rings is 4. The van der Waals surface area contributed by atoms with Gasteiger partial charge in [-0.3, -0.25) is 4.79 Å². The summed E-state index contributed by atoms with van der Waals surface area (Å²) in [5, 5.41) is 5.58. The van der Waals surface area contributed by atoms with Gasteiger partial charge in [-0.15, -0.1) is 0 Å². The van der Waals surface area contributed by atoms with Crippen LogP contribution in [0.25, 0.3) is 16.6 Å². The molecule has 2 fully saturated rings. The summed E-state index contributed by atoms with van der Waals surface area (Å²) in [6.07, 6.45) is 1.84. The lowest BCUT2D eigenvalue weighted by Crippen LogP contribution is -2.35. The van der Waals surface area contributed by atoms with Crippen molar-refractivity contribution in [2.45, 2.75) is 18.3 Å². The van der Waals surface area contributed by atoms with Gasteiger partial charge in [-0.25, -0.2) is 13.5 Å². The number of piperidine rings is 1. The van der Waals surface area contributed by atoms with Crippen LogP contribution in [0.15, 0.2) is 97.2 Å². The molecule has 0 radical (unpaired) electrons. The zero-order valence-corrected chi connectivity index (χ0v) is 20.8. The molecule has 0 bridgehead atoms. The van der Waals surface area contributed by atoms with Crippen LogP contribution >= 0.6 is 0 Å². The lowest BCUT2D eigenvalue weighted by molar-refractivity contribution is 0.0764. The van der Waals surface area contributed by atoms with Crippen LogP contribution in [0, 0.1) is 24.5 Å². The highest BCUT2D eigenvalue weighted by atomic mass is 19.1. The summed E-state index contributed by atoms with van der Waals surface area (Å²) < 4.78 is 29.8. The molecular formula is C32H25F2N3O. The minimum atomic E-state index is -0.488. The van der Waals surface area contributed by atoms with Crippen LogP contribution in [0.4, 0.5) is 8.78 Å². The average molecular weight is 506 g/mol. The van der Waals surface area contributed by atoms with Gasteiger partial charge in [0.15, 0.2) is 0 Å². The van der Waals surface area contributed by atoms with Crippen molar-refractivity contribution < 1.29 is 13.6 Å². The topological polar surface area (TPSA) is 38.1 Å². The Bertz CT molecular complexity index is 1700. The first kappa shape index (κ1) is 22.8. The van der Waals surface area contributed by atoms with Crippen molar-refractivity contribution in [3.05, 3.63) is 131 Å². The number of carbonyl (C=O) groups is 1. The van der Waals surface area contributed by atoms with Crippen LogP contribution in [-0.4, -0.2) is 33.7 Å². The summed E-state index contributed by atoms with van der Waals surface area (Å²) in [7, 11) is 0. The van der Waals surface area contributed by atoms with Gasteiger partial charge in [-0.1, -0.05) is 42.5 Å². The van der Waals surface area contributed by atoms with Crippen LogP contribution in [0.5, 0.6) is 0 Å². The number of rotatable bonds is 4. The average Bonchev–Trinajstić information content (AvgIpc) is 3.19. The fourth-order valence-electron chi connectivity index (χ4n) is 6.69. The third kappa shape index (κ3) is 3.33. The smallest absolute Gasteiger partial charge is 0.256 e. The summed E-state index contributed by atoms with van der Waals surface area (Å²) >= 11 is 0. The van der Waals surface area contributed by atoms with Gasteiger partial charge < -0.3 is 4.90 Å². The molecule has 3 atom stereocenters. The van der Waals surface area contributed by atoms with Crippen molar-refractivity contribution >= 4 is 16.8 Å². The summed E-state index contributed by atoms with van der Waals surface area (Å²) in [6, 6.07) is 27.3. The minimum Gasteiger partial charge on any atom is -0.337 e. The largest absolute Gasteiger partial charge is 0.337 e. The van der Waals surface area contributed by atoms with E-state index in [1.165, 1.54) is 29.3 Å². The molecular weight excluding hydrogens is 480 g/mol. The molecule has 0 spiro atoms. The summed E-state index contributed by atoms with van der Waals surface area (Å²) in [4.78, 5) is 15.2. The number of halogens is 2. The normalized spacial score (nSPS) is 22.0. The van der Waals surface area contributed by atoms with Crippen LogP contribution in [0.2, 0.25) is 0 Å². The highest BCUT2D eigenvalue weighted by molar-refractivity contribution is 5.95. The Morgan fingerprint density at radius 1 is 0.947 bits per heavy atom. The van der Waals surface area contributed by atoms with Crippen molar-refractivity contribution in [1.29, 1.82) is 0 Å². The Morgan fingerprint density at radius 3 is 2.45 bits per heavy atom. The molecule has 0 unspecified atom stereocenters. The zero-order valence-electron chi connectivity index (χ0n) is 20.8. The number of carbonyl (C=O) groups excluding carboxylic acids is 1. The van der Waals surface area contributed by atoms with Gasteiger partial charge in [0, 0.05) is 29.8 Å². The number of fused-ring (bicyclic) bond motifs is 2. The number of hydrogen-bond donors (Lipinski definition) is 0. The number of hydrogen-bond acceptors (Lipinski definition) is 2. The van der Waals surface area contributed by atoms with E-state index in [9.17, 15) is 13.6 Å². The number of amides is 1. The second-order valence-corrected chi connectivity index (χ2v) is 10.5. The van der Waals surface area contributed by atoms with Crippen LogP contribution in [-0.2, 0) is 5.41 Å². The molecule has 2 heterocycles. The van der Waals surface area contributed by atoms with Gasteiger partial charge in [0.1, 0.15) is 11.6 Å². The van der Waals surface area contributed by atoms with E-state index in [4.69, 9.17) is 0 Å². The Balaban J connectivity index is 1.31. The quantitative estimate of drug-likeness (QED) is 0.283. The summed E-state index contributed by atoms with van der Waals surface area (Å²) in [5.74, 6) is -0.521.